The van der Waals surface area contributed by atoms with E-state index in [1.165, 1.54) is 12.3 Å². The van der Waals surface area contributed by atoms with Crippen molar-refractivity contribution in [2.75, 3.05) is 18.5 Å². The Hall–Kier alpha value is -3.63. The third-order valence-corrected chi connectivity index (χ3v) is 3.04. The highest BCUT2D eigenvalue weighted by molar-refractivity contribution is 5.83. The lowest BCUT2D eigenvalue weighted by Gasteiger charge is -2.06. The molecule has 0 bridgehead atoms. The monoisotopic (exact) mass is 362 g/mol. The Bertz CT molecular complexity index is 904. The van der Waals surface area contributed by atoms with Crippen LogP contribution in [0.1, 0.15) is 18.9 Å². The molecule has 1 aromatic carbocycles. The average Bonchev–Trinajstić information content (AvgIpc) is 2.60. The van der Waals surface area contributed by atoms with E-state index >= 15 is 0 Å². The minimum Gasteiger partial charge on any atom is -0.504 e. The number of ether oxygens (including phenoxy) is 1. The first kappa shape index (κ1) is 18.7. The molecule has 0 spiro atoms. The zero-order valence-corrected chi connectivity index (χ0v) is 13.9. The maximum Gasteiger partial charge on any atom is 0.342 e. The highest BCUT2D eigenvalue weighted by Gasteiger charge is 2.04. The summed E-state index contributed by atoms with van der Waals surface area (Å²) in [6.45, 7) is 2.33. The summed E-state index contributed by atoms with van der Waals surface area (Å²) in [5.41, 5.74) is 1.57. The van der Waals surface area contributed by atoms with Crippen molar-refractivity contribution in [3.8, 4) is 11.5 Å². The van der Waals surface area contributed by atoms with Crippen molar-refractivity contribution in [2.24, 2.45) is 5.10 Å². The number of amides is 1. The van der Waals surface area contributed by atoms with Gasteiger partial charge in [-0.2, -0.15) is 5.10 Å². The van der Waals surface area contributed by atoms with Gasteiger partial charge in [-0.05, 0) is 30.7 Å². The molecule has 11 heteroatoms. The molecule has 5 N–H and O–H groups in total. The quantitative estimate of drug-likeness (QED) is 0.313. The third-order valence-electron chi connectivity index (χ3n) is 3.04. The average molecular weight is 362 g/mol. The number of anilines is 1. The molecule has 0 aliphatic heterocycles. The van der Waals surface area contributed by atoms with Crippen molar-refractivity contribution < 1.29 is 14.6 Å². The predicted molar refractivity (Wildman–Crippen MR) is 93.6 cm³/mol. The number of carbonyl (C=O) groups is 1. The Kier molecular flexibility index (Phi) is 6.48. The Morgan fingerprint density at radius 3 is 2.96 bits per heavy atom. The van der Waals surface area contributed by atoms with E-state index < -0.39 is 17.2 Å². The minimum atomic E-state index is -0.714. The van der Waals surface area contributed by atoms with Crippen LogP contribution < -0.4 is 26.7 Å². The molecule has 11 nitrogen and oxygen atoms in total. The molecule has 1 amide bonds. The number of rotatable bonds is 8. The van der Waals surface area contributed by atoms with Crippen molar-refractivity contribution >= 4 is 17.9 Å². The molecule has 0 aliphatic rings. The van der Waals surface area contributed by atoms with Gasteiger partial charge in [0.2, 0.25) is 11.7 Å². The van der Waals surface area contributed by atoms with Crippen molar-refractivity contribution in [1.82, 2.24) is 20.6 Å². The Balaban J connectivity index is 1.81. The number of nitrogens with one attached hydrogen (secondary N) is 4. The van der Waals surface area contributed by atoms with E-state index in [4.69, 9.17) is 4.74 Å². The fraction of sp³-hybridized carbons (Fsp3) is 0.267. The third kappa shape index (κ3) is 5.47. The number of phenols is 1. The SMILES string of the molecule is CCOc1cc(C=NNC(=O)CCNc2n[nH]c(=O)[nH]c2=O)ccc1O. The lowest BCUT2D eigenvalue weighted by Crippen LogP contribution is -2.28. The summed E-state index contributed by atoms with van der Waals surface area (Å²) in [6, 6.07) is 4.67. The van der Waals surface area contributed by atoms with Gasteiger partial charge >= 0.3 is 5.69 Å². The molecule has 0 fully saturated rings. The first-order valence-corrected chi connectivity index (χ1v) is 7.70. The van der Waals surface area contributed by atoms with Crippen LogP contribution in [0.3, 0.4) is 0 Å². The van der Waals surface area contributed by atoms with Crippen LogP contribution in [0.4, 0.5) is 5.82 Å². The Morgan fingerprint density at radius 1 is 1.42 bits per heavy atom. The molecule has 1 heterocycles. The van der Waals surface area contributed by atoms with E-state index in [1.54, 1.807) is 19.1 Å². The fourth-order valence-electron chi connectivity index (χ4n) is 1.88. The van der Waals surface area contributed by atoms with Crippen LogP contribution in [0.2, 0.25) is 0 Å². The summed E-state index contributed by atoms with van der Waals surface area (Å²) in [4.78, 5) is 35.9. The van der Waals surface area contributed by atoms with E-state index in [9.17, 15) is 19.5 Å². The Morgan fingerprint density at radius 2 is 2.23 bits per heavy atom. The van der Waals surface area contributed by atoms with Crippen LogP contribution in [-0.4, -0.2) is 45.6 Å². The van der Waals surface area contributed by atoms with Crippen LogP contribution >= 0.6 is 0 Å². The van der Waals surface area contributed by atoms with Crippen molar-refractivity contribution in [3.63, 3.8) is 0 Å². The predicted octanol–water partition coefficient (Wildman–Crippen LogP) is -0.485. The van der Waals surface area contributed by atoms with Gasteiger partial charge in [0, 0.05) is 13.0 Å². The normalized spacial score (nSPS) is 10.7. The van der Waals surface area contributed by atoms with Crippen LogP contribution in [0.15, 0.2) is 32.9 Å². The minimum absolute atomic E-state index is 0.0185. The van der Waals surface area contributed by atoms with E-state index in [0.717, 1.165) is 0 Å². The smallest absolute Gasteiger partial charge is 0.342 e. The summed E-state index contributed by atoms with van der Waals surface area (Å²) in [6.07, 6.45) is 1.43. The lowest BCUT2D eigenvalue weighted by atomic mass is 10.2. The van der Waals surface area contributed by atoms with Crippen LogP contribution in [0, 0.1) is 0 Å². The summed E-state index contributed by atoms with van der Waals surface area (Å²) in [7, 11) is 0. The zero-order valence-electron chi connectivity index (χ0n) is 13.9. The van der Waals surface area contributed by atoms with Gasteiger partial charge in [0.05, 0.1) is 12.8 Å². The van der Waals surface area contributed by atoms with Crippen molar-refractivity contribution in [3.05, 3.63) is 44.6 Å². The second kappa shape index (κ2) is 9.01. The molecule has 1 aromatic heterocycles. The summed E-state index contributed by atoms with van der Waals surface area (Å²) in [5.74, 6) is -0.137. The van der Waals surface area contributed by atoms with E-state index in [0.29, 0.717) is 17.9 Å². The standard InChI is InChI=1S/C15H18N6O5/c1-2-26-11-7-9(3-4-10(11)22)8-17-19-12(23)5-6-16-13-14(24)18-15(25)21-20-13/h3-4,7-8,22H,2,5-6H2,1H3,(H,16,20)(H,19,23)(H2,18,21,24,25). The number of hydrogen-bond acceptors (Lipinski definition) is 8. The highest BCUT2D eigenvalue weighted by Crippen LogP contribution is 2.26. The lowest BCUT2D eigenvalue weighted by molar-refractivity contribution is -0.120. The first-order chi connectivity index (χ1) is 12.5. The van der Waals surface area contributed by atoms with Crippen LogP contribution in [0.5, 0.6) is 11.5 Å². The highest BCUT2D eigenvalue weighted by atomic mass is 16.5. The number of benzene rings is 1. The fourth-order valence-corrected chi connectivity index (χ4v) is 1.88. The molecular weight excluding hydrogens is 344 g/mol. The molecule has 26 heavy (non-hydrogen) atoms. The van der Waals surface area contributed by atoms with E-state index in [1.807, 2.05) is 4.98 Å². The summed E-state index contributed by atoms with van der Waals surface area (Å²) >= 11 is 0. The Labute approximate surface area is 147 Å². The summed E-state index contributed by atoms with van der Waals surface area (Å²) < 4.78 is 5.25. The maximum atomic E-state index is 11.7. The van der Waals surface area contributed by atoms with E-state index in [2.05, 4.69) is 26.0 Å². The molecule has 2 aromatic rings. The maximum absolute atomic E-state index is 11.7. The van der Waals surface area contributed by atoms with Gasteiger partial charge in [0.1, 0.15) is 0 Å². The van der Waals surface area contributed by atoms with Gasteiger partial charge in [-0.25, -0.2) is 15.3 Å². The van der Waals surface area contributed by atoms with Gasteiger partial charge in [0.25, 0.3) is 5.56 Å². The molecule has 0 atom stereocenters. The number of aromatic amines is 2. The van der Waals surface area contributed by atoms with Gasteiger partial charge in [-0.15, -0.1) is 5.10 Å². The number of aromatic hydroxyl groups is 1. The van der Waals surface area contributed by atoms with Crippen molar-refractivity contribution in [1.29, 1.82) is 0 Å². The topological polar surface area (TPSA) is 162 Å². The number of phenolic OH excluding ortho intramolecular Hbond substituents is 1. The first-order valence-electron chi connectivity index (χ1n) is 7.70. The molecule has 138 valence electrons. The van der Waals surface area contributed by atoms with Gasteiger partial charge < -0.3 is 15.2 Å². The molecule has 0 unspecified atom stereocenters. The van der Waals surface area contributed by atoms with Gasteiger partial charge in [0.15, 0.2) is 11.5 Å². The molecule has 0 radical (unpaired) electrons. The van der Waals surface area contributed by atoms with Gasteiger partial charge in [-0.3, -0.25) is 14.6 Å². The van der Waals surface area contributed by atoms with Crippen LogP contribution in [-0.2, 0) is 4.79 Å². The largest absolute Gasteiger partial charge is 0.504 e. The molecule has 0 saturated heterocycles. The number of carbonyl (C=O) groups excluding carboxylic acids is 1. The van der Waals surface area contributed by atoms with Crippen LogP contribution in [0.25, 0.3) is 0 Å². The number of hydrazone groups is 1. The second-order valence-electron chi connectivity index (χ2n) is 4.99. The van der Waals surface area contributed by atoms with Gasteiger partial charge in [-0.1, -0.05) is 0 Å². The molecule has 2 rings (SSSR count). The number of aromatic nitrogens is 3. The molecular formula is C15H18N6O5. The van der Waals surface area contributed by atoms with Crippen molar-refractivity contribution in [2.45, 2.75) is 13.3 Å². The zero-order chi connectivity index (χ0) is 18.9. The second-order valence-corrected chi connectivity index (χ2v) is 4.99. The van der Waals surface area contributed by atoms with E-state index in [-0.39, 0.29) is 24.5 Å². The molecule has 0 saturated carbocycles. The number of nitrogens with zero attached hydrogens (tertiary/aromatic N) is 2. The molecule has 0 aliphatic carbocycles. The number of H-pyrrole nitrogens is 2. The number of hydrogen-bond donors (Lipinski definition) is 5. The summed E-state index contributed by atoms with van der Waals surface area (Å²) in [5, 5.41) is 21.6.